The SMILES string of the molecule is CCNc1nc(NC)cn2ccnc12. The van der Waals surface area contributed by atoms with E-state index in [9.17, 15) is 0 Å². The molecule has 0 saturated heterocycles. The van der Waals surface area contributed by atoms with Crippen molar-refractivity contribution in [2.45, 2.75) is 6.92 Å². The minimum atomic E-state index is 0.810. The normalized spacial score (nSPS) is 10.4. The van der Waals surface area contributed by atoms with Gasteiger partial charge in [0.15, 0.2) is 11.5 Å². The largest absolute Gasteiger partial charge is 0.372 e. The molecule has 0 radical (unpaired) electrons. The van der Waals surface area contributed by atoms with Gasteiger partial charge in [0.2, 0.25) is 0 Å². The minimum Gasteiger partial charge on any atom is -0.372 e. The highest BCUT2D eigenvalue weighted by Crippen LogP contribution is 2.15. The Balaban J connectivity index is 2.58. The molecular formula is C9H13N5. The highest BCUT2D eigenvalue weighted by atomic mass is 15.1. The minimum absolute atomic E-state index is 0.810. The lowest BCUT2D eigenvalue weighted by atomic mass is 10.5. The van der Waals surface area contributed by atoms with Crippen LogP contribution in [-0.4, -0.2) is 28.0 Å². The highest BCUT2D eigenvalue weighted by molar-refractivity contribution is 5.65. The molecule has 74 valence electrons. The molecule has 5 nitrogen and oxygen atoms in total. The third-order valence-corrected chi connectivity index (χ3v) is 1.97. The van der Waals surface area contributed by atoms with E-state index in [1.807, 2.05) is 30.8 Å². The van der Waals surface area contributed by atoms with E-state index in [1.165, 1.54) is 0 Å². The Morgan fingerprint density at radius 3 is 3.07 bits per heavy atom. The molecule has 0 aliphatic carbocycles. The molecule has 0 aromatic carbocycles. The molecule has 2 N–H and O–H groups in total. The standard InChI is InChI=1S/C9H13N5/c1-3-11-8-9-12-4-5-14(9)6-7(10-2)13-8/h4-6,10H,3H2,1-2H3,(H,11,13). The first kappa shape index (κ1) is 8.80. The Labute approximate surface area is 82.2 Å². The van der Waals surface area contributed by atoms with Crippen molar-refractivity contribution in [1.29, 1.82) is 0 Å². The summed E-state index contributed by atoms with van der Waals surface area (Å²) in [7, 11) is 1.85. The van der Waals surface area contributed by atoms with Gasteiger partial charge in [0, 0.05) is 26.0 Å². The topological polar surface area (TPSA) is 54.2 Å². The molecule has 0 spiro atoms. The maximum Gasteiger partial charge on any atom is 0.180 e. The number of rotatable bonds is 3. The van der Waals surface area contributed by atoms with Crippen molar-refractivity contribution in [3.63, 3.8) is 0 Å². The van der Waals surface area contributed by atoms with Gasteiger partial charge < -0.3 is 15.0 Å². The van der Waals surface area contributed by atoms with E-state index in [2.05, 4.69) is 20.6 Å². The smallest absolute Gasteiger partial charge is 0.180 e. The molecule has 0 amide bonds. The number of nitrogens with zero attached hydrogens (tertiary/aromatic N) is 3. The van der Waals surface area contributed by atoms with Crippen molar-refractivity contribution in [2.24, 2.45) is 0 Å². The first-order valence-corrected chi connectivity index (χ1v) is 4.60. The van der Waals surface area contributed by atoms with Crippen LogP contribution in [0.1, 0.15) is 6.92 Å². The molecule has 0 atom stereocenters. The third-order valence-electron chi connectivity index (χ3n) is 1.97. The Kier molecular flexibility index (Phi) is 2.22. The predicted molar refractivity (Wildman–Crippen MR) is 56.7 cm³/mol. The van der Waals surface area contributed by atoms with Gasteiger partial charge in [0.05, 0.1) is 6.20 Å². The number of fused-ring (bicyclic) bond motifs is 1. The van der Waals surface area contributed by atoms with Crippen LogP contribution in [0.25, 0.3) is 5.65 Å². The molecule has 2 aromatic rings. The number of nitrogens with one attached hydrogen (secondary N) is 2. The summed E-state index contributed by atoms with van der Waals surface area (Å²) in [5, 5.41) is 6.18. The molecule has 2 heterocycles. The molecule has 2 rings (SSSR count). The second-order valence-electron chi connectivity index (χ2n) is 2.91. The Hall–Kier alpha value is -1.78. The Morgan fingerprint density at radius 1 is 1.50 bits per heavy atom. The predicted octanol–water partition coefficient (Wildman–Crippen LogP) is 1.20. The maximum absolute atomic E-state index is 4.38. The van der Waals surface area contributed by atoms with Crippen LogP contribution in [0.3, 0.4) is 0 Å². The van der Waals surface area contributed by atoms with Gasteiger partial charge in [-0.25, -0.2) is 9.97 Å². The molecule has 5 heteroatoms. The molecule has 0 saturated carbocycles. The van der Waals surface area contributed by atoms with Crippen LogP contribution in [0, 0.1) is 0 Å². The monoisotopic (exact) mass is 191 g/mol. The fourth-order valence-corrected chi connectivity index (χ4v) is 1.34. The Bertz CT molecular complexity index is 434. The summed E-state index contributed by atoms with van der Waals surface area (Å²) < 4.78 is 1.94. The van der Waals surface area contributed by atoms with Crippen molar-refractivity contribution in [3.05, 3.63) is 18.6 Å². The van der Waals surface area contributed by atoms with Crippen molar-refractivity contribution in [3.8, 4) is 0 Å². The molecule has 14 heavy (non-hydrogen) atoms. The summed E-state index contributed by atoms with van der Waals surface area (Å²) in [5.74, 6) is 1.64. The summed E-state index contributed by atoms with van der Waals surface area (Å²) in [5.41, 5.74) is 0.853. The molecule has 0 aliphatic heterocycles. The summed E-state index contributed by atoms with van der Waals surface area (Å²) in [6, 6.07) is 0. The second-order valence-corrected chi connectivity index (χ2v) is 2.91. The number of imidazole rings is 1. The van der Waals surface area contributed by atoms with Crippen LogP contribution in [-0.2, 0) is 0 Å². The van der Waals surface area contributed by atoms with Crippen LogP contribution < -0.4 is 10.6 Å². The van der Waals surface area contributed by atoms with E-state index in [-0.39, 0.29) is 0 Å². The average molecular weight is 191 g/mol. The van der Waals surface area contributed by atoms with E-state index in [4.69, 9.17) is 0 Å². The first-order chi connectivity index (χ1) is 6.85. The summed E-state index contributed by atoms with van der Waals surface area (Å²) in [6.45, 7) is 2.87. The summed E-state index contributed by atoms with van der Waals surface area (Å²) >= 11 is 0. The first-order valence-electron chi connectivity index (χ1n) is 4.60. The zero-order chi connectivity index (χ0) is 9.97. The lowest BCUT2D eigenvalue weighted by molar-refractivity contribution is 1.09. The van der Waals surface area contributed by atoms with Crippen molar-refractivity contribution < 1.29 is 0 Å². The summed E-state index contributed by atoms with van der Waals surface area (Å²) in [6.07, 6.45) is 5.57. The van der Waals surface area contributed by atoms with Crippen LogP contribution in [0.15, 0.2) is 18.6 Å². The van der Waals surface area contributed by atoms with Gasteiger partial charge >= 0.3 is 0 Å². The Morgan fingerprint density at radius 2 is 2.36 bits per heavy atom. The van der Waals surface area contributed by atoms with Gasteiger partial charge in [0.25, 0.3) is 0 Å². The van der Waals surface area contributed by atoms with E-state index in [0.717, 1.165) is 23.8 Å². The van der Waals surface area contributed by atoms with Gasteiger partial charge in [-0.3, -0.25) is 0 Å². The third kappa shape index (κ3) is 1.37. The van der Waals surface area contributed by atoms with Crippen LogP contribution >= 0.6 is 0 Å². The van der Waals surface area contributed by atoms with Gasteiger partial charge in [0.1, 0.15) is 5.82 Å². The van der Waals surface area contributed by atoms with Crippen molar-refractivity contribution in [2.75, 3.05) is 24.2 Å². The fraction of sp³-hybridized carbons (Fsp3) is 0.333. The van der Waals surface area contributed by atoms with Crippen LogP contribution in [0.4, 0.5) is 11.6 Å². The fourth-order valence-electron chi connectivity index (χ4n) is 1.34. The van der Waals surface area contributed by atoms with Gasteiger partial charge in [-0.2, -0.15) is 0 Å². The van der Waals surface area contributed by atoms with E-state index >= 15 is 0 Å². The lowest BCUT2D eigenvalue weighted by Gasteiger charge is -2.07. The van der Waals surface area contributed by atoms with Crippen LogP contribution in [0.2, 0.25) is 0 Å². The second kappa shape index (κ2) is 3.53. The average Bonchev–Trinajstić information content (AvgIpc) is 2.66. The maximum atomic E-state index is 4.38. The van der Waals surface area contributed by atoms with Gasteiger partial charge in [-0.05, 0) is 6.92 Å². The quantitative estimate of drug-likeness (QED) is 0.765. The van der Waals surface area contributed by atoms with Crippen LogP contribution in [0.5, 0.6) is 0 Å². The molecular weight excluding hydrogens is 178 g/mol. The van der Waals surface area contributed by atoms with Crippen molar-refractivity contribution in [1.82, 2.24) is 14.4 Å². The van der Waals surface area contributed by atoms with Crippen molar-refractivity contribution >= 4 is 17.3 Å². The number of aromatic nitrogens is 3. The number of hydrogen-bond acceptors (Lipinski definition) is 4. The summed E-state index contributed by atoms with van der Waals surface area (Å²) in [4.78, 5) is 8.60. The number of hydrogen-bond donors (Lipinski definition) is 2. The number of anilines is 2. The molecule has 0 bridgehead atoms. The van der Waals surface area contributed by atoms with E-state index < -0.39 is 0 Å². The zero-order valence-corrected chi connectivity index (χ0v) is 8.28. The molecule has 0 fully saturated rings. The van der Waals surface area contributed by atoms with E-state index in [1.54, 1.807) is 6.20 Å². The molecule has 2 aromatic heterocycles. The van der Waals surface area contributed by atoms with E-state index in [0.29, 0.717) is 0 Å². The lowest BCUT2D eigenvalue weighted by Crippen LogP contribution is -2.05. The van der Waals surface area contributed by atoms with Gasteiger partial charge in [-0.15, -0.1) is 0 Å². The highest BCUT2D eigenvalue weighted by Gasteiger charge is 2.04. The molecule has 0 aliphatic rings. The van der Waals surface area contributed by atoms with Gasteiger partial charge in [-0.1, -0.05) is 0 Å². The zero-order valence-electron chi connectivity index (χ0n) is 8.28. The molecule has 0 unspecified atom stereocenters.